The van der Waals surface area contributed by atoms with Gasteiger partial charge in [0.1, 0.15) is 5.92 Å². The lowest BCUT2D eigenvalue weighted by Crippen LogP contribution is -2.46. The Bertz CT molecular complexity index is 1350. The Hall–Kier alpha value is -3.64. The SMILES string of the molecule is Nc1ccc(N2CCN(c3cccc(C4=C(c5ccc(Cl)cc5)N5CCCCC5C4C(=O)O)c3)CC2)cc1. The number of anilines is 3. The Kier molecular flexibility index (Phi) is 6.66. The molecule has 3 aliphatic heterocycles. The number of carbonyl (C=O) groups is 1. The van der Waals surface area contributed by atoms with Gasteiger partial charge in [0.25, 0.3) is 0 Å². The van der Waals surface area contributed by atoms with Crippen LogP contribution in [0.15, 0.2) is 72.8 Å². The van der Waals surface area contributed by atoms with Gasteiger partial charge < -0.3 is 25.5 Å². The number of piperidine rings is 1. The number of nitrogens with two attached hydrogens (primary N) is 1. The van der Waals surface area contributed by atoms with Crippen molar-refractivity contribution in [3.05, 3.63) is 88.9 Å². The largest absolute Gasteiger partial charge is 0.481 e. The highest BCUT2D eigenvalue weighted by atomic mass is 35.5. The fourth-order valence-corrected chi connectivity index (χ4v) is 6.51. The lowest BCUT2D eigenvalue weighted by Gasteiger charge is -2.37. The summed E-state index contributed by atoms with van der Waals surface area (Å²) in [5, 5.41) is 11.1. The summed E-state index contributed by atoms with van der Waals surface area (Å²) in [7, 11) is 0. The number of rotatable bonds is 5. The average molecular weight is 529 g/mol. The molecule has 7 heteroatoms. The molecule has 0 amide bonds. The van der Waals surface area contributed by atoms with Crippen molar-refractivity contribution in [1.82, 2.24) is 4.90 Å². The summed E-state index contributed by atoms with van der Waals surface area (Å²) in [6.07, 6.45) is 3.03. The third-order valence-corrected chi connectivity index (χ3v) is 8.48. The van der Waals surface area contributed by atoms with Gasteiger partial charge in [0.2, 0.25) is 0 Å². The number of halogens is 1. The maximum atomic E-state index is 12.7. The molecule has 2 saturated heterocycles. The second-order valence-electron chi connectivity index (χ2n) is 10.5. The number of aliphatic carboxylic acids is 1. The van der Waals surface area contributed by atoms with Crippen molar-refractivity contribution in [3.63, 3.8) is 0 Å². The molecule has 6 nitrogen and oxygen atoms in total. The fraction of sp³-hybridized carbons (Fsp3) is 0.323. The molecule has 0 radical (unpaired) electrons. The number of piperazine rings is 1. The topological polar surface area (TPSA) is 73.0 Å². The van der Waals surface area contributed by atoms with E-state index in [-0.39, 0.29) is 6.04 Å². The minimum atomic E-state index is -0.747. The molecule has 0 spiro atoms. The number of carboxylic acids is 1. The molecule has 0 saturated carbocycles. The lowest BCUT2D eigenvalue weighted by atomic mass is 9.85. The number of hydrogen-bond donors (Lipinski definition) is 2. The van der Waals surface area contributed by atoms with Gasteiger partial charge in [0.15, 0.2) is 0 Å². The van der Waals surface area contributed by atoms with Crippen molar-refractivity contribution >= 4 is 45.9 Å². The Morgan fingerprint density at radius 3 is 2.18 bits per heavy atom. The van der Waals surface area contributed by atoms with Crippen molar-refractivity contribution in [1.29, 1.82) is 0 Å². The number of benzene rings is 3. The van der Waals surface area contributed by atoms with Gasteiger partial charge in [-0.05, 0) is 84.5 Å². The molecule has 3 heterocycles. The van der Waals surface area contributed by atoms with E-state index in [1.807, 2.05) is 36.4 Å². The molecule has 0 aliphatic carbocycles. The van der Waals surface area contributed by atoms with Crippen LogP contribution < -0.4 is 15.5 Å². The molecule has 6 rings (SSSR count). The number of nitrogens with zero attached hydrogens (tertiary/aromatic N) is 3. The predicted octanol–water partition coefficient (Wildman–Crippen LogP) is 5.69. The highest BCUT2D eigenvalue weighted by Gasteiger charge is 2.46. The normalized spacial score (nSPS) is 21.6. The summed E-state index contributed by atoms with van der Waals surface area (Å²) < 4.78 is 0. The van der Waals surface area contributed by atoms with Crippen molar-refractivity contribution in [2.75, 3.05) is 48.3 Å². The van der Waals surface area contributed by atoms with E-state index in [1.54, 1.807) is 0 Å². The van der Waals surface area contributed by atoms with E-state index in [0.717, 1.165) is 85.8 Å². The minimum absolute atomic E-state index is 0.0194. The van der Waals surface area contributed by atoms with E-state index in [4.69, 9.17) is 17.3 Å². The Morgan fingerprint density at radius 1 is 0.816 bits per heavy atom. The van der Waals surface area contributed by atoms with Crippen LogP contribution in [-0.2, 0) is 4.79 Å². The lowest BCUT2D eigenvalue weighted by molar-refractivity contribution is -0.141. The van der Waals surface area contributed by atoms with E-state index >= 15 is 0 Å². The highest BCUT2D eigenvalue weighted by Crippen LogP contribution is 2.48. The highest BCUT2D eigenvalue weighted by molar-refractivity contribution is 6.30. The third kappa shape index (κ3) is 4.58. The molecule has 2 unspecified atom stereocenters. The van der Waals surface area contributed by atoms with Crippen LogP contribution in [0.1, 0.15) is 30.4 Å². The van der Waals surface area contributed by atoms with Crippen LogP contribution in [0.25, 0.3) is 11.3 Å². The Balaban J connectivity index is 1.34. The molecule has 2 atom stereocenters. The molecular formula is C31H33ClN4O2. The molecule has 0 bridgehead atoms. The zero-order valence-electron chi connectivity index (χ0n) is 21.4. The Morgan fingerprint density at radius 2 is 1.50 bits per heavy atom. The van der Waals surface area contributed by atoms with Gasteiger partial charge in [0.05, 0.1) is 0 Å². The second kappa shape index (κ2) is 10.3. The maximum absolute atomic E-state index is 12.7. The number of carboxylic acid groups (broad SMARTS) is 1. The smallest absolute Gasteiger partial charge is 0.313 e. The molecule has 38 heavy (non-hydrogen) atoms. The van der Waals surface area contributed by atoms with Crippen LogP contribution >= 0.6 is 11.6 Å². The monoisotopic (exact) mass is 528 g/mol. The molecule has 2 fully saturated rings. The number of nitrogen functional groups attached to an aromatic ring is 1. The van der Waals surface area contributed by atoms with E-state index < -0.39 is 11.9 Å². The first-order valence-corrected chi connectivity index (χ1v) is 13.8. The maximum Gasteiger partial charge on any atom is 0.313 e. The first-order valence-electron chi connectivity index (χ1n) is 13.4. The van der Waals surface area contributed by atoms with Gasteiger partial charge in [-0.15, -0.1) is 0 Å². The standard InChI is InChI=1S/C31H33ClN4O2/c32-23-9-7-21(8-10-23)30-28(29(31(37)38)27-6-1-2-15-36(27)30)22-4-3-5-26(20-22)35-18-16-34(17-19-35)25-13-11-24(33)12-14-25/h3-5,7-14,20,27,29H,1-2,6,15-19,33H2,(H,37,38). The van der Waals surface area contributed by atoms with E-state index in [9.17, 15) is 9.90 Å². The van der Waals surface area contributed by atoms with E-state index in [1.165, 1.54) is 5.69 Å². The van der Waals surface area contributed by atoms with Crippen LogP contribution in [0.4, 0.5) is 17.1 Å². The van der Waals surface area contributed by atoms with Gasteiger partial charge in [0, 0.05) is 66.5 Å². The van der Waals surface area contributed by atoms with Crippen molar-refractivity contribution in [2.24, 2.45) is 5.92 Å². The van der Waals surface area contributed by atoms with Crippen LogP contribution in [0.2, 0.25) is 5.02 Å². The van der Waals surface area contributed by atoms with Crippen molar-refractivity contribution in [2.45, 2.75) is 25.3 Å². The number of fused-ring (bicyclic) bond motifs is 1. The minimum Gasteiger partial charge on any atom is -0.481 e. The molecule has 3 aliphatic rings. The van der Waals surface area contributed by atoms with Crippen LogP contribution in [0.3, 0.4) is 0 Å². The van der Waals surface area contributed by atoms with E-state index in [2.05, 4.69) is 51.1 Å². The van der Waals surface area contributed by atoms with Gasteiger partial charge in [-0.3, -0.25) is 4.79 Å². The zero-order chi connectivity index (χ0) is 26.2. The summed E-state index contributed by atoms with van der Waals surface area (Å²) in [6.45, 7) is 4.51. The quantitative estimate of drug-likeness (QED) is 0.415. The van der Waals surface area contributed by atoms with Gasteiger partial charge in [-0.25, -0.2) is 0 Å². The van der Waals surface area contributed by atoms with Crippen LogP contribution in [0, 0.1) is 5.92 Å². The molecule has 0 aromatic heterocycles. The van der Waals surface area contributed by atoms with Gasteiger partial charge in [-0.1, -0.05) is 35.9 Å². The molecule has 3 N–H and O–H groups in total. The third-order valence-electron chi connectivity index (χ3n) is 8.23. The molecule has 3 aromatic rings. The fourth-order valence-electron chi connectivity index (χ4n) is 6.39. The molecule has 196 valence electrons. The van der Waals surface area contributed by atoms with Crippen molar-refractivity contribution in [3.8, 4) is 0 Å². The van der Waals surface area contributed by atoms with E-state index in [0.29, 0.717) is 5.02 Å². The summed E-state index contributed by atoms with van der Waals surface area (Å²) in [6, 6.07) is 24.4. The average Bonchev–Trinajstić information content (AvgIpc) is 3.30. The van der Waals surface area contributed by atoms with Crippen LogP contribution in [0.5, 0.6) is 0 Å². The summed E-state index contributed by atoms with van der Waals surface area (Å²) in [5.41, 5.74) is 13.0. The summed E-state index contributed by atoms with van der Waals surface area (Å²) in [5.74, 6) is -1.30. The number of hydrogen-bond acceptors (Lipinski definition) is 5. The predicted molar refractivity (Wildman–Crippen MR) is 155 cm³/mol. The van der Waals surface area contributed by atoms with Gasteiger partial charge >= 0.3 is 5.97 Å². The van der Waals surface area contributed by atoms with Crippen molar-refractivity contribution < 1.29 is 9.90 Å². The summed E-state index contributed by atoms with van der Waals surface area (Å²) in [4.78, 5) is 19.9. The molecule has 3 aromatic carbocycles. The first-order chi connectivity index (χ1) is 18.5. The summed E-state index contributed by atoms with van der Waals surface area (Å²) >= 11 is 6.21. The van der Waals surface area contributed by atoms with Crippen LogP contribution in [-0.4, -0.2) is 54.7 Å². The Labute approximate surface area is 228 Å². The molecular weight excluding hydrogens is 496 g/mol. The second-order valence-corrected chi connectivity index (χ2v) is 10.9. The zero-order valence-corrected chi connectivity index (χ0v) is 22.1. The first kappa shape index (κ1) is 24.7. The van der Waals surface area contributed by atoms with Gasteiger partial charge in [-0.2, -0.15) is 0 Å².